The summed E-state index contributed by atoms with van der Waals surface area (Å²) >= 11 is 6.15. The molecule has 0 unspecified atom stereocenters. The van der Waals surface area contributed by atoms with Crippen LogP contribution in [-0.4, -0.2) is 28.3 Å². The summed E-state index contributed by atoms with van der Waals surface area (Å²) in [4.78, 5) is 24.0. The van der Waals surface area contributed by atoms with E-state index in [1.54, 1.807) is 42.8 Å². The average Bonchev–Trinajstić information content (AvgIpc) is 2.83. The molecule has 0 aliphatic carbocycles. The van der Waals surface area contributed by atoms with Crippen molar-refractivity contribution in [3.8, 4) is 0 Å². The molecule has 1 heterocycles. The van der Waals surface area contributed by atoms with Crippen molar-refractivity contribution in [2.45, 2.75) is 27.3 Å². The predicted molar refractivity (Wildman–Crippen MR) is 88.0 cm³/mol. The van der Waals surface area contributed by atoms with E-state index in [4.69, 9.17) is 16.3 Å². The number of esters is 1. The van der Waals surface area contributed by atoms with Crippen molar-refractivity contribution >= 4 is 29.2 Å². The number of nitrogens with one attached hydrogen (secondary N) is 1. The number of halogens is 1. The first-order valence-corrected chi connectivity index (χ1v) is 7.67. The summed E-state index contributed by atoms with van der Waals surface area (Å²) in [5.74, 6) is -0.741. The SMILES string of the molecule is CCOC(=O)c1ccc(NC(=O)c2c(Cl)c(C)nn2CC)cc1. The summed E-state index contributed by atoms with van der Waals surface area (Å²) < 4.78 is 6.47. The minimum Gasteiger partial charge on any atom is -0.462 e. The molecule has 6 nitrogen and oxygen atoms in total. The summed E-state index contributed by atoms with van der Waals surface area (Å²) in [6.45, 7) is 6.23. The monoisotopic (exact) mass is 335 g/mol. The Labute approximate surface area is 139 Å². The fourth-order valence-electron chi connectivity index (χ4n) is 2.10. The number of carbonyl (C=O) groups excluding carboxylic acids is 2. The van der Waals surface area contributed by atoms with E-state index in [-0.39, 0.29) is 5.91 Å². The van der Waals surface area contributed by atoms with Gasteiger partial charge in [-0.2, -0.15) is 5.10 Å². The Bertz CT molecular complexity index is 723. The van der Waals surface area contributed by atoms with Gasteiger partial charge in [-0.05, 0) is 45.0 Å². The van der Waals surface area contributed by atoms with Gasteiger partial charge in [0, 0.05) is 12.2 Å². The number of amides is 1. The number of rotatable bonds is 5. The van der Waals surface area contributed by atoms with Gasteiger partial charge >= 0.3 is 5.97 Å². The highest BCUT2D eigenvalue weighted by atomic mass is 35.5. The van der Waals surface area contributed by atoms with Crippen molar-refractivity contribution in [1.29, 1.82) is 0 Å². The van der Waals surface area contributed by atoms with E-state index in [1.165, 1.54) is 0 Å². The molecule has 1 aromatic carbocycles. The largest absolute Gasteiger partial charge is 0.462 e. The molecule has 0 bridgehead atoms. The van der Waals surface area contributed by atoms with Crippen LogP contribution in [0.4, 0.5) is 5.69 Å². The van der Waals surface area contributed by atoms with Gasteiger partial charge in [0.15, 0.2) is 0 Å². The molecule has 1 aromatic heterocycles. The summed E-state index contributed by atoms with van der Waals surface area (Å²) in [6.07, 6.45) is 0. The van der Waals surface area contributed by atoms with Gasteiger partial charge in [-0.25, -0.2) is 4.79 Å². The molecule has 1 amide bonds. The van der Waals surface area contributed by atoms with Crippen molar-refractivity contribution in [3.63, 3.8) is 0 Å². The lowest BCUT2D eigenvalue weighted by molar-refractivity contribution is 0.0526. The number of hydrogen-bond donors (Lipinski definition) is 1. The van der Waals surface area contributed by atoms with Crippen LogP contribution in [0, 0.1) is 6.92 Å². The zero-order valence-corrected chi connectivity index (χ0v) is 14.0. The van der Waals surface area contributed by atoms with Gasteiger partial charge in [0.25, 0.3) is 5.91 Å². The minimum atomic E-state index is -0.395. The lowest BCUT2D eigenvalue weighted by Gasteiger charge is -2.08. The maximum atomic E-state index is 12.4. The van der Waals surface area contributed by atoms with Crippen LogP contribution in [0.15, 0.2) is 24.3 Å². The Kier molecular flexibility index (Phi) is 5.39. The molecule has 0 aliphatic rings. The highest BCUT2D eigenvalue weighted by molar-refractivity contribution is 6.34. The molecule has 1 N–H and O–H groups in total. The predicted octanol–water partition coefficient (Wildman–Crippen LogP) is 3.29. The third kappa shape index (κ3) is 3.71. The van der Waals surface area contributed by atoms with Crippen molar-refractivity contribution in [2.24, 2.45) is 0 Å². The number of nitrogens with zero attached hydrogens (tertiary/aromatic N) is 2. The van der Waals surface area contributed by atoms with Crippen LogP contribution < -0.4 is 5.32 Å². The number of anilines is 1. The maximum absolute atomic E-state index is 12.4. The van der Waals surface area contributed by atoms with E-state index in [9.17, 15) is 9.59 Å². The maximum Gasteiger partial charge on any atom is 0.338 e. The van der Waals surface area contributed by atoms with Crippen LogP contribution >= 0.6 is 11.6 Å². The molecule has 0 saturated carbocycles. The zero-order chi connectivity index (χ0) is 17.0. The molecule has 0 radical (unpaired) electrons. The Morgan fingerprint density at radius 3 is 2.48 bits per heavy atom. The van der Waals surface area contributed by atoms with Crippen molar-refractivity contribution in [3.05, 3.63) is 46.2 Å². The third-order valence-corrected chi connectivity index (χ3v) is 3.68. The standard InChI is InChI=1S/C16H18ClN3O3/c1-4-20-14(13(17)10(3)19-20)15(21)18-12-8-6-11(7-9-12)16(22)23-5-2/h6-9H,4-5H2,1-3H3,(H,18,21). The van der Waals surface area contributed by atoms with E-state index >= 15 is 0 Å². The molecule has 23 heavy (non-hydrogen) atoms. The Morgan fingerprint density at radius 2 is 1.91 bits per heavy atom. The molecule has 0 atom stereocenters. The van der Waals surface area contributed by atoms with Gasteiger partial charge in [0.05, 0.1) is 22.9 Å². The lowest BCUT2D eigenvalue weighted by Crippen LogP contribution is -2.18. The second-order valence-corrected chi connectivity index (χ2v) is 5.19. The summed E-state index contributed by atoms with van der Waals surface area (Å²) in [6, 6.07) is 6.46. The van der Waals surface area contributed by atoms with E-state index in [2.05, 4.69) is 10.4 Å². The summed E-state index contributed by atoms with van der Waals surface area (Å²) in [5.41, 5.74) is 1.91. The first kappa shape index (κ1) is 17.0. The van der Waals surface area contributed by atoms with Crippen molar-refractivity contribution < 1.29 is 14.3 Å². The first-order chi connectivity index (χ1) is 11.0. The normalized spacial score (nSPS) is 10.4. The zero-order valence-electron chi connectivity index (χ0n) is 13.2. The van der Waals surface area contributed by atoms with Crippen LogP contribution in [0.2, 0.25) is 5.02 Å². The lowest BCUT2D eigenvalue weighted by atomic mass is 10.2. The van der Waals surface area contributed by atoms with E-state index < -0.39 is 5.97 Å². The van der Waals surface area contributed by atoms with Crippen LogP contribution in [0.1, 0.15) is 40.4 Å². The van der Waals surface area contributed by atoms with Gasteiger partial charge < -0.3 is 10.1 Å². The van der Waals surface area contributed by atoms with Crippen molar-refractivity contribution in [1.82, 2.24) is 9.78 Å². The number of aromatic nitrogens is 2. The number of aryl methyl sites for hydroxylation is 2. The highest BCUT2D eigenvalue weighted by Gasteiger charge is 2.20. The number of hydrogen-bond acceptors (Lipinski definition) is 4. The van der Waals surface area contributed by atoms with E-state index in [0.717, 1.165) is 0 Å². The smallest absolute Gasteiger partial charge is 0.338 e. The van der Waals surface area contributed by atoms with Crippen LogP contribution in [0.5, 0.6) is 0 Å². The third-order valence-electron chi connectivity index (χ3n) is 3.22. The number of ether oxygens (including phenoxy) is 1. The van der Waals surface area contributed by atoms with Gasteiger partial charge in [-0.15, -0.1) is 0 Å². The number of carbonyl (C=O) groups is 2. The van der Waals surface area contributed by atoms with Crippen LogP contribution in [-0.2, 0) is 11.3 Å². The fourth-order valence-corrected chi connectivity index (χ4v) is 2.32. The van der Waals surface area contributed by atoms with E-state index in [0.29, 0.717) is 40.8 Å². The first-order valence-electron chi connectivity index (χ1n) is 7.29. The van der Waals surface area contributed by atoms with Gasteiger partial charge in [-0.3, -0.25) is 9.48 Å². The molecule has 7 heteroatoms. The van der Waals surface area contributed by atoms with Gasteiger partial charge in [-0.1, -0.05) is 11.6 Å². The Hall–Kier alpha value is -2.34. The molecule has 0 saturated heterocycles. The topological polar surface area (TPSA) is 73.2 Å². The van der Waals surface area contributed by atoms with Gasteiger partial charge in [0.1, 0.15) is 5.69 Å². The molecular formula is C16H18ClN3O3. The second-order valence-electron chi connectivity index (χ2n) is 4.82. The Morgan fingerprint density at radius 1 is 1.26 bits per heavy atom. The van der Waals surface area contributed by atoms with E-state index in [1.807, 2.05) is 6.92 Å². The average molecular weight is 336 g/mol. The summed E-state index contributed by atoms with van der Waals surface area (Å²) in [7, 11) is 0. The quantitative estimate of drug-likeness (QED) is 0.851. The van der Waals surface area contributed by atoms with Crippen LogP contribution in [0.25, 0.3) is 0 Å². The van der Waals surface area contributed by atoms with Crippen LogP contribution in [0.3, 0.4) is 0 Å². The molecule has 0 spiro atoms. The highest BCUT2D eigenvalue weighted by Crippen LogP contribution is 2.21. The molecule has 122 valence electrons. The molecular weight excluding hydrogens is 318 g/mol. The Balaban J connectivity index is 2.16. The summed E-state index contributed by atoms with van der Waals surface area (Å²) in [5, 5.41) is 7.30. The minimum absolute atomic E-state index is 0.316. The molecule has 0 aliphatic heterocycles. The molecule has 2 aromatic rings. The van der Waals surface area contributed by atoms with Crippen molar-refractivity contribution in [2.75, 3.05) is 11.9 Å². The second kappa shape index (κ2) is 7.28. The number of benzene rings is 1. The molecule has 2 rings (SSSR count). The molecule has 0 fully saturated rings. The fraction of sp³-hybridized carbons (Fsp3) is 0.312. The van der Waals surface area contributed by atoms with Gasteiger partial charge in [0.2, 0.25) is 0 Å².